The van der Waals surface area contributed by atoms with Crippen LogP contribution in [0.4, 0.5) is 11.4 Å². The highest BCUT2D eigenvalue weighted by Gasteiger charge is 2.10. The zero-order chi connectivity index (χ0) is 17.6. The predicted octanol–water partition coefficient (Wildman–Crippen LogP) is 5.81. The number of anilines is 2. The Labute approximate surface area is 165 Å². The Morgan fingerprint density at radius 2 is 1.68 bits per heavy atom. The van der Waals surface area contributed by atoms with E-state index in [2.05, 4.69) is 45.4 Å². The molecule has 0 unspecified atom stereocenters. The quantitative estimate of drug-likeness (QED) is 0.470. The number of rotatable bonds is 5. The number of amides is 1. The van der Waals surface area contributed by atoms with Gasteiger partial charge in [0, 0.05) is 15.8 Å². The normalized spacial score (nSPS) is 10.3. The van der Waals surface area contributed by atoms with Crippen molar-refractivity contribution in [3.63, 3.8) is 0 Å². The summed E-state index contributed by atoms with van der Waals surface area (Å²) in [6.07, 6.45) is 0. The third kappa shape index (κ3) is 4.74. The number of carbonyl (C=O) groups excluding carboxylic acids is 1. The summed E-state index contributed by atoms with van der Waals surface area (Å²) in [7, 11) is 0. The SMILES string of the molecule is O=C(Nc1ccc(NCc2ccccc2)c(Cl)c1)c1ccccc1I. The summed E-state index contributed by atoms with van der Waals surface area (Å²) in [5.74, 6) is -0.147. The molecule has 3 aromatic rings. The zero-order valence-electron chi connectivity index (χ0n) is 13.3. The first-order chi connectivity index (χ1) is 12.1. The molecule has 1 amide bonds. The van der Waals surface area contributed by atoms with Crippen LogP contribution in [0.25, 0.3) is 0 Å². The van der Waals surface area contributed by atoms with E-state index in [1.165, 1.54) is 5.56 Å². The lowest BCUT2D eigenvalue weighted by Crippen LogP contribution is -2.13. The van der Waals surface area contributed by atoms with E-state index in [4.69, 9.17) is 11.6 Å². The van der Waals surface area contributed by atoms with E-state index in [1.807, 2.05) is 48.5 Å². The van der Waals surface area contributed by atoms with Gasteiger partial charge in [0.1, 0.15) is 0 Å². The van der Waals surface area contributed by atoms with Crippen LogP contribution >= 0.6 is 34.2 Å². The van der Waals surface area contributed by atoms with Crippen molar-refractivity contribution in [3.05, 3.63) is 92.5 Å². The van der Waals surface area contributed by atoms with E-state index < -0.39 is 0 Å². The molecule has 0 atom stereocenters. The van der Waals surface area contributed by atoms with Gasteiger partial charge in [-0.3, -0.25) is 4.79 Å². The van der Waals surface area contributed by atoms with Crippen LogP contribution in [-0.4, -0.2) is 5.91 Å². The van der Waals surface area contributed by atoms with Crippen LogP contribution in [0.1, 0.15) is 15.9 Å². The van der Waals surface area contributed by atoms with Crippen LogP contribution in [-0.2, 0) is 6.54 Å². The van der Waals surface area contributed by atoms with Gasteiger partial charge in [0.05, 0.1) is 16.3 Å². The Morgan fingerprint density at radius 3 is 2.40 bits per heavy atom. The molecule has 25 heavy (non-hydrogen) atoms. The molecule has 0 heterocycles. The van der Waals surface area contributed by atoms with E-state index >= 15 is 0 Å². The summed E-state index contributed by atoms with van der Waals surface area (Å²) in [4.78, 5) is 12.4. The number of nitrogens with one attached hydrogen (secondary N) is 2. The zero-order valence-corrected chi connectivity index (χ0v) is 16.2. The lowest BCUT2D eigenvalue weighted by molar-refractivity contribution is 0.102. The number of carbonyl (C=O) groups is 1. The van der Waals surface area contributed by atoms with Gasteiger partial charge >= 0.3 is 0 Å². The molecule has 0 aliphatic rings. The standard InChI is InChI=1S/C20H16ClIN2O/c21-17-12-15(24-20(25)16-8-4-5-9-18(16)22)10-11-19(17)23-13-14-6-2-1-3-7-14/h1-12,23H,13H2,(H,24,25). The largest absolute Gasteiger partial charge is 0.380 e. The number of hydrogen-bond donors (Lipinski definition) is 2. The predicted molar refractivity (Wildman–Crippen MR) is 112 cm³/mol. The maximum atomic E-state index is 12.4. The van der Waals surface area contributed by atoms with E-state index in [-0.39, 0.29) is 5.91 Å². The van der Waals surface area contributed by atoms with Gasteiger partial charge in [0.25, 0.3) is 5.91 Å². The molecule has 126 valence electrons. The average molecular weight is 463 g/mol. The van der Waals surface area contributed by atoms with Gasteiger partial charge in [-0.05, 0) is 58.5 Å². The summed E-state index contributed by atoms with van der Waals surface area (Å²) < 4.78 is 0.907. The van der Waals surface area contributed by atoms with Gasteiger partial charge in [-0.15, -0.1) is 0 Å². The Hall–Kier alpha value is -2.05. The smallest absolute Gasteiger partial charge is 0.256 e. The second kappa shape index (κ2) is 8.36. The van der Waals surface area contributed by atoms with Crippen LogP contribution in [0.3, 0.4) is 0 Å². The molecule has 3 nitrogen and oxygen atoms in total. The fourth-order valence-corrected chi connectivity index (χ4v) is 3.25. The fourth-order valence-electron chi connectivity index (χ4n) is 2.37. The highest BCUT2D eigenvalue weighted by molar-refractivity contribution is 14.1. The first-order valence-corrected chi connectivity index (χ1v) is 9.22. The van der Waals surface area contributed by atoms with Crippen LogP contribution in [0.5, 0.6) is 0 Å². The van der Waals surface area contributed by atoms with Crippen molar-refractivity contribution in [2.75, 3.05) is 10.6 Å². The fraction of sp³-hybridized carbons (Fsp3) is 0.0500. The number of benzene rings is 3. The Morgan fingerprint density at radius 1 is 0.960 bits per heavy atom. The summed E-state index contributed by atoms with van der Waals surface area (Å²) in [5.41, 5.74) is 3.32. The first kappa shape index (κ1) is 17.8. The molecular formula is C20H16ClIN2O. The van der Waals surface area contributed by atoms with Crippen molar-refractivity contribution in [2.24, 2.45) is 0 Å². The van der Waals surface area contributed by atoms with E-state index in [1.54, 1.807) is 12.1 Å². The Bertz CT molecular complexity index is 884. The van der Waals surface area contributed by atoms with E-state index in [0.717, 1.165) is 9.26 Å². The minimum absolute atomic E-state index is 0.147. The van der Waals surface area contributed by atoms with Gasteiger partial charge in [0.15, 0.2) is 0 Å². The second-order valence-corrected chi connectivity index (χ2v) is 7.04. The van der Waals surface area contributed by atoms with Crippen LogP contribution < -0.4 is 10.6 Å². The monoisotopic (exact) mass is 462 g/mol. The van der Waals surface area contributed by atoms with Gasteiger partial charge in [-0.1, -0.05) is 54.1 Å². The third-order valence-electron chi connectivity index (χ3n) is 3.67. The molecule has 3 rings (SSSR count). The van der Waals surface area contributed by atoms with Gasteiger partial charge < -0.3 is 10.6 Å². The van der Waals surface area contributed by atoms with Gasteiger partial charge in [-0.2, -0.15) is 0 Å². The summed E-state index contributed by atoms with van der Waals surface area (Å²) in [5, 5.41) is 6.76. The summed E-state index contributed by atoms with van der Waals surface area (Å²) in [6.45, 7) is 0.689. The van der Waals surface area contributed by atoms with Crippen LogP contribution in [0.2, 0.25) is 5.02 Å². The molecule has 0 saturated carbocycles. The highest BCUT2D eigenvalue weighted by Crippen LogP contribution is 2.26. The van der Waals surface area contributed by atoms with Gasteiger partial charge in [-0.25, -0.2) is 0 Å². The second-order valence-electron chi connectivity index (χ2n) is 5.47. The highest BCUT2D eigenvalue weighted by atomic mass is 127. The molecule has 3 aromatic carbocycles. The van der Waals surface area contributed by atoms with Crippen molar-refractivity contribution in [3.8, 4) is 0 Å². The molecule has 0 aliphatic carbocycles. The van der Waals surface area contributed by atoms with Crippen molar-refractivity contribution >= 4 is 51.5 Å². The van der Waals surface area contributed by atoms with Gasteiger partial charge in [0.2, 0.25) is 0 Å². The molecule has 2 N–H and O–H groups in total. The van der Waals surface area contributed by atoms with E-state index in [0.29, 0.717) is 22.8 Å². The molecule has 0 bridgehead atoms. The summed E-state index contributed by atoms with van der Waals surface area (Å²) in [6, 6.07) is 23.0. The maximum Gasteiger partial charge on any atom is 0.256 e. The Balaban J connectivity index is 1.67. The third-order valence-corrected chi connectivity index (χ3v) is 4.92. The average Bonchev–Trinajstić information content (AvgIpc) is 2.62. The molecule has 0 aromatic heterocycles. The van der Waals surface area contributed by atoms with E-state index in [9.17, 15) is 4.79 Å². The van der Waals surface area contributed by atoms with Crippen molar-refractivity contribution < 1.29 is 4.79 Å². The molecule has 0 radical (unpaired) electrons. The molecule has 0 fully saturated rings. The van der Waals surface area contributed by atoms with Crippen LogP contribution in [0.15, 0.2) is 72.8 Å². The van der Waals surface area contributed by atoms with Crippen molar-refractivity contribution in [2.45, 2.75) is 6.54 Å². The Kier molecular flexibility index (Phi) is 5.94. The minimum atomic E-state index is -0.147. The lowest BCUT2D eigenvalue weighted by atomic mass is 10.2. The maximum absolute atomic E-state index is 12.4. The minimum Gasteiger partial charge on any atom is -0.380 e. The summed E-state index contributed by atoms with van der Waals surface area (Å²) >= 11 is 8.49. The van der Waals surface area contributed by atoms with Crippen molar-refractivity contribution in [1.82, 2.24) is 0 Å². The first-order valence-electron chi connectivity index (χ1n) is 7.77. The molecule has 0 saturated heterocycles. The lowest BCUT2D eigenvalue weighted by Gasteiger charge is -2.11. The molecule has 0 aliphatic heterocycles. The topological polar surface area (TPSA) is 41.1 Å². The number of hydrogen-bond acceptors (Lipinski definition) is 2. The number of halogens is 2. The molecule has 0 spiro atoms. The molecule has 5 heteroatoms. The molecular weight excluding hydrogens is 447 g/mol. The van der Waals surface area contributed by atoms with Crippen molar-refractivity contribution in [1.29, 1.82) is 0 Å². The van der Waals surface area contributed by atoms with Crippen LogP contribution in [0, 0.1) is 3.57 Å².